The first-order valence-electron chi connectivity index (χ1n) is 8.69. The second kappa shape index (κ2) is 8.31. The number of rotatable bonds is 7. The van der Waals surface area contributed by atoms with Crippen LogP contribution in [0.3, 0.4) is 0 Å². The van der Waals surface area contributed by atoms with Crippen molar-refractivity contribution in [3.8, 4) is 5.75 Å². The monoisotopic (exact) mass is 411 g/mol. The molecule has 2 rings (SSSR count). The Labute approximate surface area is 165 Å². The van der Waals surface area contributed by atoms with Crippen molar-refractivity contribution in [1.82, 2.24) is 0 Å². The maximum atomic E-state index is 13.9. The van der Waals surface area contributed by atoms with Gasteiger partial charge in [-0.15, -0.1) is 0 Å². The molecule has 0 fully saturated rings. The fourth-order valence-electron chi connectivity index (χ4n) is 3.37. The molecule has 0 aliphatic carbocycles. The first kappa shape index (κ1) is 22.5. The summed E-state index contributed by atoms with van der Waals surface area (Å²) in [6, 6.07) is 9.06. The maximum absolute atomic E-state index is 13.9. The van der Waals surface area contributed by atoms with E-state index in [1.807, 2.05) is 0 Å². The van der Waals surface area contributed by atoms with Gasteiger partial charge in [0.05, 0.1) is 7.11 Å². The minimum atomic E-state index is -4.94. The van der Waals surface area contributed by atoms with Crippen molar-refractivity contribution in [2.24, 2.45) is 5.11 Å². The minimum absolute atomic E-state index is 0.212. The number of methoxy groups -OCH3 is 1. The zero-order valence-corrected chi connectivity index (χ0v) is 16.2. The number of hydrogen-bond acceptors (Lipinski definition) is 3. The van der Waals surface area contributed by atoms with Gasteiger partial charge in [0.1, 0.15) is 11.6 Å². The van der Waals surface area contributed by atoms with Gasteiger partial charge in [-0.2, -0.15) is 13.2 Å². The lowest BCUT2D eigenvalue weighted by Crippen LogP contribution is -2.50. The molecule has 156 valence electrons. The van der Waals surface area contributed by atoms with E-state index in [9.17, 15) is 22.7 Å². The second-order valence-electron chi connectivity index (χ2n) is 7.47. The maximum Gasteiger partial charge on any atom is 0.417 e. The summed E-state index contributed by atoms with van der Waals surface area (Å²) in [6.07, 6.45) is -6.37. The predicted octanol–water partition coefficient (Wildman–Crippen LogP) is 5.98. The van der Waals surface area contributed by atoms with Crippen LogP contribution in [0.15, 0.2) is 47.6 Å². The Morgan fingerprint density at radius 1 is 1.10 bits per heavy atom. The van der Waals surface area contributed by atoms with Crippen LogP contribution in [0.5, 0.6) is 5.75 Å². The Morgan fingerprint density at radius 2 is 1.72 bits per heavy atom. The van der Waals surface area contributed by atoms with Crippen LogP contribution in [0.25, 0.3) is 10.4 Å². The summed E-state index contributed by atoms with van der Waals surface area (Å²) in [7, 11) is 1.34. The van der Waals surface area contributed by atoms with Crippen LogP contribution in [0.4, 0.5) is 23.2 Å². The van der Waals surface area contributed by atoms with Crippen molar-refractivity contribution in [1.29, 1.82) is 0 Å². The zero-order chi connectivity index (χ0) is 21.9. The number of halogens is 4. The largest absolute Gasteiger partial charge is 0.496 e. The number of azide groups is 1. The lowest BCUT2D eigenvalue weighted by atomic mass is 9.72. The molecule has 0 bridgehead atoms. The summed E-state index contributed by atoms with van der Waals surface area (Å²) in [5, 5.41) is 14.0. The summed E-state index contributed by atoms with van der Waals surface area (Å²) >= 11 is 0. The summed E-state index contributed by atoms with van der Waals surface area (Å²) in [6.45, 7) is 2.98. The number of aliphatic hydroxyl groups is 1. The van der Waals surface area contributed by atoms with E-state index in [1.165, 1.54) is 51.3 Å². The number of hydrogen-bond donors (Lipinski definition) is 1. The molecule has 2 aromatic rings. The van der Waals surface area contributed by atoms with Gasteiger partial charge in [-0.05, 0) is 41.1 Å². The number of benzene rings is 2. The average Bonchev–Trinajstić information content (AvgIpc) is 2.62. The third kappa shape index (κ3) is 5.19. The second-order valence-corrected chi connectivity index (χ2v) is 7.47. The van der Waals surface area contributed by atoms with Crippen LogP contribution >= 0.6 is 0 Å². The highest BCUT2D eigenvalue weighted by Crippen LogP contribution is 2.45. The van der Waals surface area contributed by atoms with Gasteiger partial charge in [0, 0.05) is 22.6 Å². The summed E-state index contributed by atoms with van der Waals surface area (Å²) < 4.78 is 60.6. The third-order valence-electron chi connectivity index (χ3n) is 4.75. The number of alkyl halides is 3. The van der Waals surface area contributed by atoms with Crippen LogP contribution < -0.4 is 4.74 Å². The van der Waals surface area contributed by atoms with Crippen LogP contribution in [-0.2, 0) is 11.8 Å². The Kier molecular flexibility index (Phi) is 6.45. The summed E-state index contributed by atoms with van der Waals surface area (Å²) in [5.74, 6) is -0.377. The standard InChI is InChI=1S/C20H21F4N3O2/c1-18(2,16-10-14(21)6-9-17(16)29-3)12-19(28,20(22,23)24)11-13-4-7-15(8-5-13)26-27-25/h4-10,28H,11-12H2,1-3H3. The van der Waals surface area contributed by atoms with Gasteiger partial charge in [-0.25, -0.2) is 4.39 Å². The molecule has 5 nitrogen and oxygen atoms in total. The molecule has 0 amide bonds. The lowest BCUT2D eigenvalue weighted by molar-refractivity contribution is -0.266. The van der Waals surface area contributed by atoms with Crippen LogP contribution in [-0.4, -0.2) is 24.0 Å². The lowest BCUT2D eigenvalue weighted by Gasteiger charge is -2.38. The van der Waals surface area contributed by atoms with E-state index in [2.05, 4.69) is 10.0 Å². The molecular formula is C20H21F4N3O2. The van der Waals surface area contributed by atoms with E-state index >= 15 is 0 Å². The molecular weight excluding hydrogens is 390 g/mol. The molecule has 0 spiro atoms. The zero-order valence-electron chi connectivity index (χ0n) is 16.2. The van der Waals surface area contributed by atoms with Crippen molar-refractivity contribution in [2.75, 3.05) is 7.11 Å². The summed E-state index contributed by atoms with van der Waals surface area (Å²) in [5.41, 5.74) is 4.76. The Hall–Kier alpha value is -2.77. The van der Waals surface area contributed by atoms with Gasteiger partial charge < -0.3 is 9.84 Å². The van der Waals surface area contributed by atoms with Crippen molar-refractivity contribution in [2.45, 2.75) is 43.9 Å². The molecule has 0 aromatic heterocycles. The molecule has 0 aliphatic rings. The predicted molar refractivity (Wildman–Crippen MR) is 101 cm³/mol. The van der Waals surface area contributed by atoms with Crippen LogP contribution in [0.1, 0.15) is 31.4 Å². The third-order valence-corrected chi connectivity index (χ3v) is 4.75. The molecule has 2 aromatic carbocycles. The fraction of sp³-hybridized carbons (Fsp3) is 0.400. The van der Waals surface area contributed by atoms with Gasteiger partial charge in [0.25, 0.3) is 0 Å². The first-order chi connectivity index (χ1) is 13.4. The molecule has 0 aliphatic heterocycles. The van der Waals surface area contributed by atoms with Gasteiger partial charge in [-0.1, -0.05) is 43.2 Å². The fourth-order valence-corrected chi connectivity index (χ4v) is 3.37. The molecule has 29 heavy (non-hydrogen) atoms. The highest BCUT2D eigenvalue weighted by atomic mass is 19.4. The SMILES string of the molecule is COc1ccc(F)cc1C(C)(C)CC(O)(Cc1ccc(N=[N+]=[N-])cc1)C(F)(F)F. The highest BCUT2D eigenvalue weighted by Gasteiger charge is 2.56. The summed E-state index contributed by atoms with van der Waals surface area (Å²) in [4.78, 5) is 2.61. The molecule has 1 unspecified atom stereocenters. The van der Waals surface area contributed by atoms with E-state index in [4.69, 9.17) is 10.3 Å². The molecule has 0 radical (unpaired) electrons. The smallest absolute Gasteiger partial charge is 0.417 e. The molecule has 1 N–H and O–H groups in total. The van der Waals surface area contributed by atoms with Crippen molar-refractivity contribution in [3.05, 3.63) is 69.9 Å². The normalized spacial score (nSPS) is 14.1. The van der Waals surface area contributed by atoms with E-state index in [0.29, 0.717) is 0 Å². The van der Waals surface area contributed by atoms with Gasteiger partial charge in [0.15, 0.2) is 5.60 Å². The Bertz CT molecular complexity index is 907. The van der Waals surface area contributed by atoms with Gasteiger partial charge in [-0.3, -0.25) is 0 Å². The van der Waals surface area contributed by atoms with Crippen LogP contribution in [0, 0.1) is 5.82 Å². The van der Waals surface area contributed by atoms with E-state index in [-0.39, 0.29) is 22.6 Å². The van der Waals surface area contributed by atoms with Gasteiger partial charge in [0.2, 0.25) is 0 Å². The van der Waals surface area contributed by atoms with E-state index in [1.54, 1.807) is 0 Å². The Morgan fingerprint density at radius 3 is 2.24 bits per heavy atom. The topological polar surface area (TPSA) is 78.2 Å². The van der Waals surface area contributed by atoms with Gasteiger partial charge >= 0.3 is 6.18 Å². The van der Waals surface area contributed by atoms with Crippen molar-refractivity contribution in [3.63, 3.8) is 0 Å². The average molecular weight is 411 g/mol. The van der Waals surface area contributed by atoms with Crippen LogP contribution in [0.2, 0.25) is 0 Å². The first-order valence-corrected chi connectivity index (χ1v) is 8.69. The molecule has 9 heteroatoms. The Balaban J connectivity index is 2.41. The van der Waals surface area contributed by atoms with Crippen molar-refractivity contribution < 1.29 is 27.4 Å². The number of ether oxygens (including phenoxy) is 1. The number of nitrogens with zero attached hydrogens (tertiary/aromatic N) is 3. The molecule has 0 heterocycles. The minimum Gasteiger partial charge on any atom is -0.496 e. The van der Waals surface area contributed by atoms with E-state index in [0.717, 1.165) is 12.1 Å². The molecule has 0 saturated carbocycles. The molecule has 1 atom stereocenters. The van der Waals surface area contributed by atoms with E-state index < -0.39 is 35.9 Å². The molecule has 0 saturated heterocycles. The van der Waals surface area contributed by atoms with Crippen molar-refractivity contribution >= 4 is 5.69 Å². The highest BCUT2D eigenvalue weighted by molar-refractivity contribution is 5.41. The quantitative estimate of drug-likeness (QED) is 0.263.